The van der Waals surface area contributed by atoms with E-state index in [0.29, 0.717) is 5.69 Å². The van der Waals surface area contributed by atoms with Gasteiger partial charge < -0.3 is 20.1 Å². The quantitative estimate of drug-likeness (QED) is 0.858. The van der Waals surface area contributed by atoms with E-state index in [-0.39, 0.29) is 5.75 Å². The van der Waals surface area contributed by atoms with Crippen LogP contribution in [0.2, 0.25) is 0 Å². The lowest BCUT2D eigenvalue weighted by molar-refractivity contribution is -0.137. The number of carbonyl (C=O) groups excluding carboxylic acids is 1. The van der Waals surface area contributed by atoms with Gasteiger partial charge in [0, 0.05) is 12.7 Å². The number of carboxylic acid groups (broad SMARTS) is 1. The minimum absolute atomic E-state index is 0.0353. The van der Waals surface area contributed by atoms with Gasteiger partial charge in [-0.15, -0.1) is 0 Å². The standard InChI is InChI=1S/C11H12F2N2O4/c1-15(6-9(16)17)11(18)14-7-2-4-8(5-3-7)19-10(12)13/h2-5,10H,6H2,1H3,(H,14,18)(H,16,17). The molecule has 0 saturated heterocycles. The number of rotatable bonds is 5. The fourth-order valence-electron chi connectivity index (χ4n) is 1.21. The van der Waals surface area contributed by atoms with Crippen molar-refractivity contribution in [1.82, 2.24) is 4.90 Å². The van der Waals surface area contributed by atoms with Crippen molar-refractivity contribution in [3.8, 4) is 5.75 Å². The number of hydrogen-bond acceptors (Lipinski definition) is 3. The van der Waals surface area contributed by atoms with E-state index in [1.165, 1.54) is 31.3 Å². The number of carbonyl (C=O) groups is 2. The average molecular weight is 274 g/mol. The van der Waals surface area contributed by atoms with Gasteiger partial charge in [-0.05, 0) is 24.3 Å². The Hall–Kier alpha value is -2.38. The topological polar surface area (TPSA) is 78.9 Å². The Kier molecular flexibility index (Phi) is 5.04. The van der Waals surface area contributed by atoms with E-state index in [2.05, 4.69) is 10.1 Å². The molecule has 0 saturated carbocycles. The third-order valence-electron chi connectivity index (χ3n) is 2.05. The predicted octanol–water partition coefficient (Wildman–Crippen LogP) is 1.84. The second-order valence-corrected chi connectivity index (χ2v) is 3.58. The van der Waals surface area contributed by atoms with Gasteiger partial charge in [0.05, 0.1) is 0 Å². The Balaban J connectivity index is 2.57. The van der Waals surface area contributed by atoms with Gasteiger partial charge in [-0.1, -0.05) is 0 Å². The number of carboxylic acids is 1. The number of nitrogens with one attached hydrogen (secondary N) is 1. The number of anilines is 1. The van der Waals surface area contributed by atoms with Crippen LogP contribution in [0, 0.1) is 0 Å². The molecule has 104 valence electrons. The molecule has 8 heteroatoms. The molecule has 0 heterocycles. The first-order valence-corrected chi connectivity index (χ1v) is 5.17. The minimum atomic E-state index is -2.91. The number of hydrogen-bond donors (Lipinski definition) is 2. The monoisotopic (exact) mass is 274 g/mol. The van der Waals surface area contributed by atoms with Crippen molar-refractivity contribution < 1.29 is 28.2 Å². The van der Waals surface area contributed by atoms with Crippen LogP contribution in [0.25, 0.3) is 0 Å². The Morgan fingerprint density at radius 2 is 1.95 bits per heavy atom. The summed E-state index contributed by atoms with van der Waals surface area (Å²) in [6.45, 7) is -3.36. The predicted molar refractivity (Wildman–Crippen MR) is 62.4 cm³/mol. The maximum Gasteiger partial charge on any atom is 0.387 e. The largest absolute Gasteiger partial charge is 0.480 e. The summed E-state index contributed by atoms with van der Waals surface area (Å²) in [7, 11) is 1.32. The molecule has 0 spiro atoms. The van der Waals surface area contributed by atoms with Crippen LogP contribution in [0.3, 0.4) is 0 Å². The first-order valence-electron chi connectivity index (χ1n) is 5.17. The number of urea groups is 1. The summed E-state index contributed by atoms with van der Waals surface area (Å²) in [6, 6.07) is 4.64. The van der Waals surface area contributed by atoms with Crippen LogP contribution < -0.4 is 10.1 Å². The number of amides is 2. The van der Waals surface area contributed by atoms with Crippen LogP contribution in [0.15, 0.2) is 24.3 Å². The first-order chi connectivity index (χ1) is 8.88. The molecular weight excluding hydrogens is 262 g/mol. The van der Waals surface area contributed by atoms with E-state index in [4.69, 9.17) is 5.11 Å². The summed E-state index contributed by atoms with van der Waals surface area (Å²) < 4.78 is 27.9. The highest BCUT2D eigenvalue weighted by atomic mass is 19.3. The lowest BCUT2D eigenvalue weighted by atomic mass is 10.3. The molecule has 0 fully saturated rings. The van der Waals surface area contributed by atoms with E-state index >= 15 is 0 Å². The minimum Gasteiger partial charge on any atom is -0.480 e. The van der Waals surface area contributed by atoms with Crippen LogP contribution >= 0.6 is 0 Å². The summed E-state index contributed by atoms with van der Waals surface area (Å²) in [5.74, 6) is -1.18. The summed E-state index contributed by atoms with van der Waals surface area (Å²) in [4.78, 5) is 22.9. The normalized spacial score (nSPS) is 10.1. The molecule has 0 radical (unpaired) electrons. The maximum absolute atomic E-state index is 11.9. The van der Waals surface area contributed by atoms with E-state index in [9.17, 15) is 18.4 Å². The zero-order valence-electron chi connectivity index (χ0n) is 9.97. The molecular formula is C11H12F2N2O4. The van der Waals surface area contributed by atoms with Gasteiger partial charge in [-0.3, -0.25) is 4.79 Å². The van der Waals surface area contributed by atoms with Gasteiger partial charge in [-0.2, -0.15) is 8.78 Å². The van der Waals surface area contributed by atoms with E-state index in [1.54, 1.807) is 0 Å². The molecule has 0 aliphatic carbocycles. The van der Waals surface area contributed by atoms with Crippen LogP contribution in [0.4, 0.5) is 19.3 Å². The number of halogens is 2. The number of ether oxygens (including phenoxy) is 1. The lowest BCUT2D eigenvalue weighted by Gasteiger charge is -2.15. The Labute approximate surface area is 107 Å². The third kappa shape index (κ3) is 5.19. The summed E-state index contributed by atoms with van der Waals surface area (Å²) in [5.41, 5.74) is 0.337. The highest BCUT2D eigenvalue weighted by Crippen LogP contribution is 2.17. The van der Waals surface area contributed by atoms with Gasteiger partial charge in [0.15, 0.2) is 0 Å². The number of aliphatic carboxylic acids is 1. The highest BCUT2D eigenvalue weighted by Gasteiger charge is 2.12. The van der Waals surface area contributed by atoms with Gasteiger partial charge in [0.2, 0.25) is 0 Å². The molecule has 0 bridgehead atoms. The fourth-order valence-corrected chi connectivity index (χ4v) is 1.21. The SMILES string of the molecule is CN(CC(=O)O)C(=O)Nc1ccc(OC(F)F)cc1. The van der Waals surface area contributed by atoms with Crippen molar-refractivity contribution >= 4 is 17.7 Å². The van der Waals surface area contributed by atoms with Crippen LogP contribution in [-0.4, -0.2) is 42.2 Å². The lowest BCUT2D eigenvalue weighted by Crippen LogP contribution is -2.35. The fraction of sp³-hybridized carbons (Fsp3) is 0.273. The second kappa shape index (κ2) is 6.53. The zero-order chi connectivity index (χ0) is 14.4. The maximum atomic E-state index is 11.9. The zero-order valence-corrected chi connectivity index (χ0v) is 9.97. The molecule has 0 unspecified atom stereocenters. The molecule has 0 aliphatic rings. The van der Waals surface area contributed by atoms with Crippen LogP contribution in [0.5, 0.6) is 5.75 Å². The molecule has 1 aromatic carbocycles. The summed E-state index contributed by atoms with van der Waals surface area (Å²) >= 11 is 0. The molecule has 1 rings (SSSR count). The number of benzene rings is 1. The van der Waals surface area contributed by atoms with Gasteiger partial charge in [-0.25, -0.2) is 4.79 Å². The molecule has 0 aromatic heterocycles. The number of alkyl halides is 2. The molecule has 0 aliphatic heterocycles. The van der Waals surface area contributed by atoms with Gasteiger partial charge in [0.1, 0.15) is 12.3 Å². The van der Waals surface area contributed by atoms with Crippen molar-refractivity contribution in [2.75, 3.05) is 18.9 Å². The van der Waals surface area contributed by atoms with E-state index in [1.807, 2.05) is 0 Å². The average Bonchev–Trinajstić information content (AvgIpc) is 2.30. The van der Waals surface area contributed by atoms with Crippen molar-refractivity contribution in [3.63, 3.8) is 0 Å². The highest BCUT2D eigenvalue weighted by molar-refractivity contribution is 5.91. The smallest absolute Gasteiger partial charge is 0.387 e. The molecule has 2 N–H and O–H groups in total. The molecule has 19 heavy (non-hydrogen) atoms. The molecule has 1 aromatic rings. The molecule has 6 nitrogen and oxygen atoms in total. The van der Waals surface area contributed by atoms with Crippen molar-refractivity contribution in [2.24, 2.45) is 0 Å². The summed E-state index contributed by atoms with van der Waals surface area (Å²) in [6.07, 6.45) is 0. The van der Waals surface area contributed by atoms with E-state index < -0.39 is 25.2 Å². The molecule has 0 atom stereocenters. The first kappa shape index (κ1) is 14.7. The second-order valence-electron chi connectivity index (χ2n) is 3.58. The van der Waals surface area contributed by atoms with E-state index in [0.717, 1.165) is 4.90 Å². The van der Waals surface area contributed by atoms with Crippen LogP contribution in [-0.2, 0) is 4.79 Å². The van der Waals surface area contributed by atoms with Crippen LogP contribution in [0.1, 0.15) is 0 Å². The molecule has 2 amide bonds. The van der Waals surface area contributed by atoms with Gasteiger partial charge >= 0.3 is 18.6 Å². The van der Waals surface area contributed by atoms with Gasteiger partial charge in [0.25, 0.3) is 0 Å². The van der Waals surface area contributed by atoms with Crippen molar-refractivity contribution in [1.29, 1.82) is 0 Å². The Morgan fingerprint density at radius 3 is 2.42 bits per heavy atom. The van der Waals surface area contributed by atoms with Crippen molar-refractivity contribution in [2.45, 2.75) is 6.61 Å². The summed E-state index contributed by atoms with van der Waals surface area (Å²) in [5, 5.41) is 10.9. The Morgan fingerprint density at radius 1 is 1.37 bits per heavy atom. The van der Waals surface area contributed by atoms with Crippen molar-refractivity contribution in [3.05, 3.63) is 24.3 Å². The number of likely N-dealkylation sites (N-methyl/N-ethyl adjacent to an activating group) is 1. The number of nitrogens with zero attached hydrogens (tertiary/aromatic N) is 1. The Bertz CT molecular complexity index is 451. The third-order valence-corrected chi connectivity index (χ3v) is 2.05.